The maximum Gasteiger partial charge on any atom is 0.309 e. The number of carbonyl (C=O) groups is 3. The van der Waals surface area contributed by atoms with Crippen molar-refractivity contribution in [2.24, 2.45) is 0 Å². The van der Waals surface area contributed by atoms with E-state index in [4.69, 9.17) is 16.3 Å². The lowest BCUT2D eigenvalue weighted by molar-refractivity contribution is -0.153. The first-order chi connectivity index (χ1) is 15.4. The number of halogens is 1. The Morgan fingerprint density at radius 1 is 0.969 bits per heavy atom. The van der Waals surface area contributed by atoms with E-state index in [2.05, 4.69) is 20.6 Å². The third-order valence-electron chi connectivity index (χ3n) is 4.47. The molecule has 3 aromatic rings. The monoisotopic (exact) mass is 452 g/mol. The zero-order chi connectivity index (χ0) is 22.9. The highest BCUT2D eigenvalue weighted by molar-refractivity contribution is 6.33. The second kappa shape index (κ2) is 11.0. The molecule has 8 nitrogen and oxygen atoms in total. The van der Waals surface area contributed by atoms with Gasteiger partial charge in [0, 0.05) is 12.4 Å². The van der Waals surface area contributed by atoms with E-state index < -0.39 is 29.9 Å². The summed E-state index contributed by atoms with van der Waals surface area (Å²) >= 11 is 6.12. The lowest BCUT2D eigenvalue weighted by atomic mass is 10.0. The zero-order valence-electron chi connectivity index (χ0n) is 17.2. The summed E-state index contributed by atoms with van der Waals surface area (Å²) in [6.45, 7) is 1.44. The predicted molar refractivity (Wildman–Crippen MR) is 119 cm³/mol. The minimum absolute atomic E-state index is 0.106. The number of rotatable bonds is 8. The van der Waals surface area contributed by atoms with Crippen LogP contribution in [-0.4, -0.2) is 33.9 Å². The summed E-state index contributed by atoms with van der Waals surface area (Å²) in [5.41, 5.74) is 0.999. The predicted octanol–water partition coefficient (Wildman–Crippen LogP) is 3.56. The van der Waals surface area contributed by atoms with Crippen molar-refractivity contribution in [3.63, 3.8) is 0 Å². The van der Waals surface area contributed by atoms with E-state index in [0.29, 0.717) is 16.1 Å². The van der Waals surface area contributed by atoms with E-state index in [1.807, 2.05) is 6.07 Å². The Labute approximate surface area is 190 Å². The molecule has 1 aromatic heterocycles. The largest absolute Gasteiger partial charge is 0.452 e. The average Bonchev–Trinajstić information content (AvgIpc) is 2.80. The zero-order valence-corrected chi connectivity index (χ0v) is 18.0. The van der Waals surface area contributed by atoms with Crippen molar-refractivity contribution in [1.29, 1.82) is 0 Å². The molecule has 2 atom stereocenters. The fourth-order valence-electron chi connectivity index (χ4n) is 2.86. The van der Waals surface area contributed by atoms with E-state index >= 15 is 0 Å². The summed E-state index contributed by atoms with van der Waals surface area (Å²) in [6, 6.07) is 16.5. The van der Waals surface area contributed by atoms with Gasteiger partial charge in [-0.25, -0.2) is 9.97 Å². The highest BCUT2D eigenvalue weighted by Crippen LogP contribution is 2.21. The Kier molecular flexibility index (Phi) is 7.88. The Hall–Kier alpha value is -3.78. The van der Waals surface area contributed by atoms with Crippen LogP contribution in [-0.2, 0) is 14.3 Å². The van der Waals surface area contributed by atoms with Gasteiger partial charge in [0.15, 0.2) is 6.10 Å². The first kappa shape index (κ1) is 22.9. The molecule has 0 saturated carbocycles. The van der Waals surface area contributed by atoms with Crippen molar-refractivity contribution in [2.75, 3.05) is 5.32 Å². The van der Waals surface area contributed by atoms with E-state index in [-0.39, 0.29) is 12.4 Å². The Bertz CT molecular complexity index is 1080. The van der Waals surface area contributed by atoms with Gasteiger partial charge < -0.3 is 10.1 Å². The lowest BCUT2D eigenvalue weighted by Gasteiger charge is -2.20. The second-order valence-corrected chi connectivity index (χ2v) is 7.22. The molecule has 0 aliphatic rings. The Balaban J connectivity index is 1.66. The van der Waals surface area contributed by atoms with Crippen LogP contribution in [0.5, 0.6) is 0 Å². The molecule has 0 unspecified atom stereocenters. The van der Waals surface area contributed by atoms with Gasteiger partial charge in [0.25, 0.3) is 11.8 Å². The Morgan fingerprint density at radius 2 is 1.62 bits per heavy atom. The van der Waals surface area contributed by atoms with Gasteiger partial charge in [0.05, 0.1) is 23.0 Å². The number of benzene rings is 2. The quantitative estimate of drug-likeness (QED) is 0.505. The summed E-state index contributed by atoms with van der Waals surface area (Å²) < 4.78 is 5.26. The maximum atomic E-state index is 12.7. The number of nitrogens with zero attached hydrogens (tertiary/aromatic N) is 2. The average molecular weight is 453 g/mol. The highest BCUT2D eigenvalue weighted by Gasteiger charge is 2.24. The van der Waals surface area contributed by atoms with Crippen molar-refractivity contribution in [3.05, 3.63) is 89.2 Å². The molecule has 1 heterocycles. The van der Waals surface area contributed by atoms with Gasteiger partial charge in [0.2, 0.25) is 5.95 Å². The van der Waals surface area contributed by atoms with E-state index in [1.165, 1.54) is 19.3 Å². The van der Waals surface area contributed by atoms with Crippen LogP contribution in [0.4, 0.5) is 5.95 Å². The number of ether oxygens (including phenoxy) is 1. The lowest BCUT2D eigenvalue weighted by Crippen LogP contribution is -2.34. The van der Waals surface area contributed by atoms with Crippen molar-refractivity contribution in [2.45, 2.75) is 25.5 Å². The summed E-state index contributed by atoms with van der Waals surface area (Å²) in [5.74, 6) is -1.55. The van der Waals surface area contributed by atoms with Crippen molar-refractivity contribution < 1.29 is 19.1 Å². The smallest absolute Gasteiger partial charge is 0.309 e. The number of esters is 1. The van der Waals surface area contributed by atoms with E-state index in [0.717, 1.165) is 0 Å². The number of hydrogen-bond acceptors (Lipinski definition) is 6. The second-order valence-electron chi connectivity index (χ2n) is 6.81. The molecule has 2 N–H and O–H groups in total. The number of amides is 2. The van der Waals surface area contributed by atoms with Gasteiger partial charge in [-0.1, -0.05) is 54.1 Å². The van der Waals surface area contributed by atoms with Crippen LogP contribution in [0.1, 0.15) is 35.3 Å². The Morgan fingerprint density at radius 3 is 2.31 bits per heavy atom. The summed E-state index contributed by atoms with van der Waals surface area (Å²) in [5, 5.41) is 5.59. The first-order valence-electron chi connectivity index (χ1n) is 9.81. The molecule has 0 saturated heterocycles. The molecule has 2 amide bonds. The topological polar surface area (TPSA) is 110 Å². The van der Waals surface area contributed by atoms with Crippen molar-refractivity contribution >= 4 is 35.3 Å². The molecule has 3 rings (SSSR count). The third kappa shape index (κ3) is 6.36. The number of aromatic nitrogens is 2. The van der Waals surface area contributed by atoms with Gasteiger partial charge in [-0.15, -0.1) is 0 Å². The van der Waals surface area contributed by atoms with Crippen LogP contribution in [0.15, 0.2) is 73.1 Å². The van der Waals surface area contributed by atoms with Gasteiger partial charge >= 0.3 is 5.97 Å². The molecule has 0 aliphatic heterocycles. The molecular formula is C23H21ClN4O4. The van der Waals surface area contributed by atoms with E-state index in [9.17, 15) is 14.4 Å². The van der Waals surface area contributed by atoms with Gasteiger partial charge in [-0.3, -0.25) is 19.7 Å². The molecule has 9 heteroatoms. The minimum atomic E-state index is -1.08. The van der Waals surface area contributed by atoms with Crippen molar-refractivity contribution in [1.82, 2.24) is 15.3 Å². The number of nitrogens with one attached hydrogen (secondary N) is 2. The van der Waals surface area contributed by atoms with Crippen molar-refractivity contribution in [3.8, 4) is 0 Å². The maximum absolute atomic E-state index is 12.7. The van der Waals surface area contributed by atoms with Crippen LogP contribution in [0.3, 0.4) is 0 Å². The number of carbonyl (C=O) groups excluding carboxylic acids is 3. The molecule has 0 radical (unpaired) electrons. The minimum Gasteiger partial charge on any atom is -0.452 e. The molecule has 0 fully saturated rings. The molecule has 164 valence electrons. The fourth-order valence-corrected chi connectivity index (χ4v) is 3.08. The van der Waals surface area contributed by atoms with Gasteiger partial charge in [-0.2, -0.15) is 0 Å². The third-order valence-corrected chi connectivity index (χ3v) is 4.80. The highest BCUT2D eigenvalue weighted by atomic mass is 35.5. The molecule has 0 spiro atoms. The molecule has 2 aromatic carbocycles. The molecule has 32 heavy (non-hydrogen) atoms. The van der Waals surface area contributed by atoms with Crippen LogP contribution in [0, 0.1) is 0 Å². The first-order valence-corrected chi connectivity index (χ1v) is 10.2. The number of anilines is 1. The standard InChI is InChI=1S/C23H21ClN4O4/c1-15(21(30)28-23-25-12-7-13-26-23)32-20(29)14-19(16-8-3-2-4-9-16)27-22(31)17-10-5-6-11-18(17)24/h2-13,15,19H,14H2,1H3,(H,27,31)(H,25,26,28,30)/t15-,19+/m0/s1. The van der Waals surface area contributed by atoms with Crippen LogP contribution >= 0.6 is 11.6 Å². The van der Waals surface area contributed by atoms with Gasteiger partial charge in [-0.05, 0) is 30.7 Å². The summed E-state index contributed by atoms with van der Waals surface area (Å²) in [4.78, 5) is 45.3. The van der Waals surface area contributed by atoms with Crippen LogP contribution < -0.4 is 10.6 Å². The molecule has 0 bridgehead atoms. The summed E-state index contributed by atoms with van der Waals surface area (Å²) in [7, 11) is 0. The van der Waals surface area contributed by atoms with E-state index in [1.54, 1.807) is 54.6 Å². The van der Waals surface area contributed by atoms with Crippen LogP contribution in [0.2, 0.25) is 5.02 Å². The SMILES string of the molecule is C[C@H](OC(=O)C[C@@H](NC(=O)c1ccccc1Cl)c1ccccc1)C(=O)Nc1ncccn1. The normalized spacial score (nSPS) is 12.3. The summed E-state index contributed by atoms with van der Waals surface area (Å²) in [6.07, 6.45) is 1.69. The number of hydrogen-bond donors (Lipinski definition) is 2. The molecule has 0 aliphatic carbocycles. The van der Waals surface area contributed by atoms with Crippen LogP contribution in [0.25, 0.3) is 0 Å². The molecular weight excluding hydrogens is 432 g/mol. The fraction of sp³-hybridized carbons (Fsp3) is 0.174. The van der Waals surface area contributed by atoms with Gasteiger partial charge in [0.1, 0.15) is 0 Å².